The monoisotopic (exact) mass is 195 g/mol. The van der Waals surface area contributed by atoms with E-state index in [0.29, 0.717) is 0 Å². The van der Waals surface area contributed by atoms with Gasteiger partial charge in [0, 0.05) is 0 Å². The second-order valence-electron chi connectivity index (χ2n) is 2.24. The van der Waals surface area contributed by atoms with Gasteiger partial charge in [-0.2, -0.15) is 0 Å². The van der Waals surface area contributed by atoms with E-state index in [2.05, 4.69) is 12.3 Å². The van der Waals surface area contributed by atoms with E-state index in [1.165, 1.54) is 0 Å². The second kappa shape index (κ2) is 4.74. The fraction of sp³-hybridized carbons (Fsp3) is 0.333. The minimum atomic E-state index is -1.61. The Bertz CT molecular complexity index is 206. The molecule has 0 spiro atoms. The zero-order valence-corrected chi connectivity index (χ0v) is 7.04. The van der Waals surface area contributed by atoms with Gasteiger partial charge in [-0.05, 0) is 6.08 Å². The van der Waals surface area contributed by atoms with Crippen molar-refractivity contribution in [2.24, 2.45) is 0 Å². The van der Waals surface area contributed by atoms with Gasteiger partial charge in [-0.1, -0.05) is 6.58 Å². The first-order valence-electron chi connectivity index (χ1n) is 2.86. The van der Waals surface area contributed by atoms with Crippen LogP contribution in [0.4, 0.5) is 0 Å². The normalized spacial score (nSPS) is 13.8. The van der Waals surface area contributed by atoms with Crippen LogP contribution in [0, 0.1) is 0 Å². The number of quaternary nitrogens is 1. The minimum Gasteiger partial charge on any atom is -1.00 e. The number of hydrogen-bond donors (Lipinski definition) is 3. The quantitative estimate of drug-likeness (QED) is 0.395. The Balaban J connectivity index is 0. The second-order valence-corrected chi connectivity index (χ2v) is 2.24. The smallest absolute Gasteiger partial charge is 0.370 e. The van der Waals surface area contributed by atoms with Crippen molar-refractivity contribution in [3.05, 3.63) is 12.7 Å². The summed E-state index contributed by atoms with van der Waals surface area (Å²) in [6, 6.07) is 0. The van der Waals surface area contributed by atoms with E-state index in [9.17, 15) is 9.59 Å². The maximum Gasteiger partial charge on any atom is 0.370 e. The van der Waals surface area contributed by atoms with E-state index >= 15 is 0 Å². The summed E-state index contributed by atoms with van der Waals surface area (Å²) in [5.74, 6) is -2.49. The number of halogens is 1. The summed E-state index contributed by atoms with van der Waals surface area (Å²) >= 11 is 0. The third-order valence-electron chi connectivity index (χ3n) is 1.28. The van der Waals surface area contributed by atoms with Crippen molar-refractivity contribution in [2.45, 2.75) is 12.0 Å². The van der Waals surface area contributed by atoms with Crippen molar-refractivity contribution in [2.75, 3.05) is 0 Å². The number of aliphatic carboxylic acids is 2. The van der Waals surface area contributed by atoms with Crippen molar-refractivity contribution in [3.63, 3.8) is 0 Å². The molecule has 0 saturated heterocycles. The molecule has 6 heteroatoms. The van der Waals surface area contributed by atoms with Gasteiger partial charge in [0.2, 0.25) is 5.54 Å². The summed E-state index contributed by atoms with van der Waals surface area (Å²) in [6.07, 6.45) is 0.468. The molecule has 0 aromatic heterocycles. The highest BCUT2D eigenvalue weighted by Crippen LogP contribution is 2.04. The first-order chi connectivity index (χ1) is 4.92. The molecule has 5 nitrogen and oxygen atoms in total. The van der Waals surface area contributed by atoms with E-state index < -0.39 is 23.9 Å². The highest BCUT2D eigenvalue weighted by Gasteiger charge is 2.37. The van der Waals surface area contributed by atoms with Gasteiger partial charge in [-0.3, -0.25) is 4.79 Å². The molecule has 5 N–H and O–H groups in total. The molecular weight excluding hydrogens is 186 g/mol. The van der Waals surface area contributed by atoms with Crippen molar-refractivity contribution in [1.82, 2.24) is 0 Å². The molecule has 0 aliphatic heterocycles. The van der Waals surface area contributed by atoms with Crippen LogP contribution in [0.2, 0.25) is 0 Å². The zero-order valence-electron chi connectivity index (χ0n) is 6.29. The van der Waals surface area contributed by atoms with E-state index in [1.54, 1.807) is 0 Å². The third-order valence-corrected chi connectivity index (χ3v) is 1.28. The molecule has 0 heterocycles. The number of carbonyl (C=O) groups is 2. The third kappa shape index (κ3) is 3.36. The Labute approximate surface area is 75.3 Å². The van der Waals surface area contributed by atoms with Crippen LogP contribution in [0.5, 0.6) is 0 Å². The Kier molecular flexibility index (Phi) is 5.33. The van der Waals surface area contributed by atoms with E-state index in [1.807, 2.05) is 0 Å². The Morgan fingerprint density at radius 3 is 2.00 bits per heavy atom. The van der Waals surface area contributed by atoms with Crippen molar-refractivity contribution >= 4 is 11.9 Å². The summed E-state index contributed by atoms with van der Waals surface area (Å²) < 4.78 is 0. The molecule has 0 bridgehead atoms. The molecular formula is C6H10ClNO4. The molecule has 0 unspecified atom stereocenters. The molecule has 0 saturated carbocycles. The van der Waals surface area contributed by atoms with Gasteiger partial charge in [0.15, 0.2) is 0 Å². The predicted molar refractivity (Wildman–Crippen MR) is 35.7 cm³/mol. The van der Waals surface area contributed by atoms with Gasteiger partial charge < -0.3 is 28.4 Å². The molecule has 0 aromatic carbocycles. The number of hydrogen-bond acceptors (Lipinski definition) is 2. The number of rotatable bonds is 4. The molecule has 1 atom stereocenters. The average molecular weight is 196 g/mol. The number of carboxylic acids is 2. The van der Waals surface area contributed by atoms with Crippen molar-refractivity contribution in [3.8, 4) is 0 Å². The summed E-state index contributed by atoms with van der Waals surface area (Å²) in [5, 5.41) is 16.8. The number of carboxylic acid groups (broad SMARTS) is 2. The van der Waals surface area contributed by atoms with E-state index in [0.717, 1.165) is 6.08 Å². The highest BCUT2D eigenvalue weighted by atomic mass is 35.5. The molecule has 0 aromatic rings. The van der Waals surface area contributed by atoms with Gasteiger partial charge in [-0.15, -0.1) is 0 Å². The topological polar surface area (TPSA) is 102 Å². The van der Waals surface area contributed by atoms with E-state index in [4.69, 9.17) is 10.2 Å². The standard InChI is InChI=1S/C6H9NO4.ClH/c1-2-6(7,5(10)11)3-4(8)9;/h2H,1,3,7H2,(H,8,9)(H,10,11);1H/t6-;/m0./s1. The molecule has 70 valence electrons. The Hall–Kier alpha value is -1.07. The fourth-order valence-corrected chi connectivity index (χ4v) is 0.505. The zero-order chi connectivity index (χ0) is 9.07. The van der Waals surface area contributed by atoms with Gasteiger partial charge in [-0.25, -0.2) is 4.79 Å². The first-order valence-corrected chi connectivity index (χ1v) is 2.86. The summed E-state index contributed by atoms with van der Waals surface area (Å²) in [4.78, 5) is 20.5. The van der Waals surface area contributed by atoms with Crippen LogP contribution in [0.15, 0.2) is 12.7 Å². The van der Waals surface area contributed by atoms with Crippen LogP contribution in [0.1, 0.15) is 6.42 Å². The molecule has 0 amide bonds. The molecule has 0 radical (unpaired) electrons. The van der Waals surface area contributed by atoms with Gasteiger partial charge >= 0.3 is 11.9 Å². The maximum absolute atomic E-state index is 10.4. The lowest BCUT2D eigenvalue weighted by atomic mass is 9.97. The van der Waals surface area contributed by atoms with Crippen LogP contribution < -0.4 is 18.1 Å². The lowest BCUT2D eigenvalue weighted by Gasteiger charge is -2.12. The van der Waals surface area contributed by atoms with Crippen molar-refractivity contribution in [1.29, 1.82) is 0 Å². The molecule has 0 rings (SSSR count). The fourth-order valence-electron chi connectivity index (χ4n) is 0.505. The first kappa shape index (κ1) is 13.5. The molecule has 12 heavy (non-hydrogen) atoms. The minimum absolute atomic E-state index is 0. The summed E-state index contributed by atoms with van der Waals surface area (Å²) in [6.45, 7) is 3.20. The molecule has 0 fully saturated rings. The Morgan fingerprint density at radius 2 is 1.92 bits per heavy atom. The maximum atomic E-state index is 10.4. The van der Waals surface area contributed by atoms with Crippen LogP contribution in [-0.4, -0.2) is 27.7 Å². The van der Waals surface area contributed by atoms with Gasteiger partial charge in [0.25, 0.3) is 0 Å². The van der Waals surface area contributed by atoms with Gasteiger partial charge in [0.1, 0.15) is 6.42 Å². The van der Waals surface area contributed by atoms with E-state index in [-0.39, 0.29) is 12.4 Å². The van der Waals surface area contributed by atoms with Crippen LogP contribution in [0.3, 0.4) is 0 Å². The van der Waals surface area contributed by atoms with Crippen LogP contribution in [0.25, 0.3) is 0 Å². The molecule has 0 aliphatic rings. The van der Waals surface area contributed by atoms with Crippen molar-refractivity contribution < 1.29 is 37.9 Å². The highest BCUT2D eigenvalue weighted by molar-refractivity contribution is 5.85. The molecule has 0 aliphatic carbocycles. The summed E-state index contributed by atoms with van der Waals surface area (Å²) in [5.41, 5.74) is 1.62. The van der Waals surface area contributed by atoms with Crippen LogP contribution in [-0.2, 0) is 9.59 Å². The SMILES string of the molecule is C=C[C@]([NH3+])(CC(=O)O)C(=O)O.[Cl-]. The lowest BCUT2D eigenvalue weighted by Crippen LogP contribution is -3.00. The predicted octanol–water partition coefficient (Wildman–Crippen LogP) is -4.28. The Morgan fingerprint density at radius 1 is 1.50 bits per heavy atom. The average Bonchev–Trinajstić information content (AvgIpc) is 1.86. The van der Waals surface area contributed by atoms with Crippen LogP contribution >= 0.6 is 0 Å². The van der Waals surface area contributed by atoms with Gasteiger partial charge in [0.05, 0.1) is 0 Å². The lowest BCUT2D eigenvalue weighted by molar-refractivity contribution is -0.443. The largest absolute Gasteiger partial charge is 1.00 e. The summed E-state index contributed by atoms with van der Waals surface area (Å²) in [7, 11) is 0.